The van der Waals surface area contributed by atoms with Crippen LogP contribution < -0.4 is 5.32 Å². The Morgan fingerprint density at radius 1 is 1.23 bits per heavy atom. The molecule has 4 heterocycles. The summed E-state index contributed by atoms with van der Waals surface area (Å²) in [4.78, 5) is 29.0. The summed E-state index contributed by atoms with van der Waals surface area (Å²) in [6.07, 6.45) is 14.3. The van der Waals surface area contributed by atoms with E-state index >= 15 is 0 Å². The largest absolute Gasteiger partial charge is 0.346 e. The highest BCUT2D eigenvalue weighted by molar-refractivity contribution is 5.89. The van der Waals surface area contributed by atoms with Crippen LogP contribution in [0.25, 0.3) is 22.3 Å². The van der Waals surface area contributed by atoms with E-state index < -0.39 is 0 Å². The molecule has 1 atom stereocenters. The fourth-order valence-electron chi connectivity index (χ4n) is 5.34. The van der Waals surface area contributed by atoms with Gasteiger partial charge in [-0.15, -0.1) is 0 Å². The van der Waals surface area contributed by atoms with Gasteiger partial charge in [-0.05, 0) is 31.7 Å². The lowest BCUT2D eigenvalue weighted by molar-refractivity contribution is 0.0926. The maximum Gasteiger partial charge on any atom is 0.317 e. The number of carbonyl (C=O) groups is 1. The molecule has 5 rings (SSSR count). The number of piperazine rings is 1. The quantitative estimate of drug-likeness (QED) is 0.483. The standard InChI is InChI=1S/C25H33N9O/c26-9-4-3-7-21(32-11-13-33(14-12-32)25(35)31-20-5-1-2-6-20)17-34-16-19(15-30-34)23-22-8-10-27-24(22)29-18-28-23/h8,10,15-16,18,20-21H,1-7,11-14,17H2,(H,31,35)(H,27,28,29)/t21-/m1/s1. The summed E-state index contributed by atoms with van der Waals surface area (Å²) in [7, 11) is 0. The van der Waals surface area contributed by atoms with Crippen LogP contribution in [0.5, 0.6) is 0 Å². The zero-order chi connectivity index (χ0) is 24.0. The number of urea groups is 1. The number of nitrogens with zero attached hydrogens (tertiary/aromatic N) is 7. The van der Waals surface area contributed by atoms with E-state index in [0.29, 0.717) is 12.5 Å². The number of nitrogens with one attached hydrogen (secondary N) is 2. The maximum atomic E-state index is 12.7. The molecule has 1 aliphatic heterocycles. The zero-order valence-electron chi connectivity index (χ0n) is 20.1. The van der Waals surface area contributed by atoms with Crippen LogP contribution >= 0.6 is 0 Å². The summed E-state index contributed by atoms with van der Waals surface area (Å²) in [5.41, 5.74) is 2.64. The van der Waals surface area contributed by atoms with Gasteiger partial charge in [0, 0.05) is 68.0 Å². The number of rotatable bonds is 8. The third kappa shape index (κ3) is 5.46. The van der Waals surface area contributed by atoms with Gasteiger partial charge < -0.3 is 15.2 Å². The van der Waals surface area contributed by atoms with Gasteiger partial charge in [0.2, 0.25) is 0 Å². The number of aromatic amines is 1. The fraction of sp³-hybridized carbons (Fsp3) is 0.560. The highest BCUT2D eigenvalue weighted by atomic mass is 16.2. The van der Waals surface area contributed by atoms with Crippen molar-refractivity contribution in [2.45, 2.75) is 63.6 Å². The van der Waals surface area contributed by atoms with Gasteiger partial charge in [-0.3, -0.25) is 9.58 Å². The van der Waals surface area contributed by atoms with Crippen LogP contribution in [0.15, 0.2) is 31.0 Å². The van der Waals surface area contributed by atoms with Gasteiger partial charge in [-0.25, -0.2) is 14.8 Å². The Balaban J connectivity index is 1.22. The van der Waals surface area contributed by atoms with E-state index in [1.165, 1.54) is 12.8 Å². The van der Waals surface area contributed by atoms with Crippen LogP contribution in [-0.2, 0) is 6.54 Å². The molecule has 0 unspecified atom stereocenters. The second-order valence-corrected chi connectivity index (χ2v) is 9.57. The molecule has 3 aromatic rings. The van der Waals surface area contributed by atoms with Crippen LogP contribution in [0, 0.1) is 11.3 Å². The van der Waals surface area contributed by atoms with Gasteiger partial charge in [0.1, 0.15) is 12.0 Å². The van der Waals surface area contributed by atoms with E-state index in [-0.39, 0.29) is 12.1 Å². The first-order valence-corrected chi connectivity index (χ1v) is 12.7. The van der Waals surface area contributed by atoms with E-state index in [4.69, 9.17) is 5.26 Å². The topological polar surface area (TPSA) is 119 Å². The van der Waals surface area contributed by atoms with Crippen molar-refractivity contribution in [3.63, 3.8) is 0 Å². The molecule has 10 heteroatoms. The molecule has 184 valence electrons. The molecule has 1 saturated carbocycles. The Kier molecular flexibility index (Phi) is 7.23. The minimum absolute atomic E-state index is 0.0789. The van der Waals surface area contributed by atoms with Crippen molar-refractivity contribution in [3.8, 4) is 17.3 Å². The number of hydrogen-bond acceptors (Lipinski definition) is 6. The summed E-state index contributed by atoms with van der Waals surface area (Å²) in [5, 5.41) is 17.9. The number of aromatic nitrogens is 5. The maximum absolute atomic E-state index is 12.7. The van der Waals surface area contributed by atoms with E-state index in [0.717, 1.165) is 80.7 Å². The van der Waals surface area contributed by atoms with Crippen molar-refractivity contribution < 1.29 is 4.79 Å². The number of H-pyrrole nitrogens is 1. The van der Waals surface area contributed by atoms with Crippen molar-refractivity contribution >= 4 is 17.1 Å². The number of nitriles is 1. The second-order valence-electron chi connectivity index (χ2n) is 9.57. The first-order valence-electron chi connectivity index (χ1n) is 12.7. The summed E-state index contributed by atoms with van der Waals surface area (Å²) < 4.78 is 1.98. The SMILES string of the molecule is N#CCCC[C@H](Cn1cc(-c2ncnc3[nH]ccc23)cn1)N1CCN(C(=O)NC2CCCC2)CC1. The Morgan fingerprint density at radius 2 is 2.06 bits per heavy atom. The highest BCUT2D eigenvalue weighted by Gasteiger charge is 2.28. The van der Waals surface area contributed by atoms with Crippen LogP contribution in [0.3, 0.4) is 0 Å². The van der Waals surface area contributed by atoms with E-state index in [9.17, 15) is 4.79 Å². The van der Waals surface area contributed by atoms with Crippen LogP contribution in [0.1, 0.15) is 44.9 Å². The fourth-order valence-corrected chi connectivity index (χ4v) is 5.34. The Hall–Kier alpha value is -3.45. The van der Waals surface area contributed by atoms with E-state index in [2.05, 4.69) is 36.3 Å². The molecule has 0 bridgehead atoms. The Labute approximate surface area is 205 Å². The average molecular weight is 476 g/mol. The molecule has 1 saturated heterocycles. The van der Waals surface area contributed by atoms with Gasteiger partial charge in [0.15, 0.2) is 0 Å². The summed E-state index contributed by atoms with van der Waals surface area (Å²) >= 11 is 0. The van der Waals surface area contributed by atoms with E-state index in [1.807, 2.05) is 34.2 Å². The average Bonchev–Trinajstić information content (AvgIpc) is 3.65. The minimum atomic E-state index is 0.0789. The number of hydrogen-bond donors (Lipinski definition) is 2. The Morgan fingerprint density at radius 3 is 2.86 bits per heavy atom. The molecule has 2 fully saturated rings. The van der Waals surface area contributed by atoms with Gasteiger partial charge in [-0.1, -0.05) is 12.8 Å². The molecule has 0 spiro atoms. The van der Waals surface area contributed by atoms with Crippen molar-refractivity contribution in [3.05, 3.63) is 31.0 Å². The lowest BCUT2D eigenvalue weighted by atomic mass is 10.1. The summed E-state index contributed by atoms with van der Waals surface area (Å²) in [5.74, 6) is 0. The molecule has 1 aliphatic carbocycles. The molecule has 2 aliphatic rings. The molecule has 0 radical (unpaired) electrons. The third-order valence-electron chi connectivity index (χ3n) is 7.29. The van der Waals surface area contributed by atoms with Gasteiger partial charge >= 0.3 is 6.03 Å². The Bertz CT molecular complexity index is 1170. The van der Waals surface area contributed by atoms with Crippen molar-refractivity contribution in [2.24, 2.45) is 0 Å². The smallest absolute Gasteiger partial charge is 0.317 e. The lowest BCUT2D eigenvalue weighted by Crippen LogP contribution is -2.55. The van der Waals surface area contributed by atoms with Crippen molar-refractivity contribution in [1.29, 1.82) is 5.26 Å². The highest BCUT2D eigenvalue weighted by Crippen LogP contribution is 2.25. The number of unbranched alkanes of at least 4 members (excludes halogenated alkanes) is 1. The van der Waals surface area contributed by atoms with Gasteiger partial charge in [-0.2, -0.15) is 10.4 Å². The van der Waals surface area contributed by atoms with E-state index in [1.54, 1.807) is 6.33 Å². The predicted molar refractivity (Wildman–Crippen MR) is 132 cm³/mol. The first-order chi connectivity index (χ1) is 17.2. The first kappa shape index (κ1) is 23.3. The lowest BCUT2D eigenvalue weighted by Gasteiger charge is -2.39. The van der Waals surface area contributed by atoms with Crippen LogP contribution in [-0.4, -0.2) is 78.8 Å². The molecule has 2 amide bonds. The molecule has 10 nitrogen and oxygen atoms in total. The molecule has 0 aromatic carbocycles. The number of carbonyl (C=O) groups excluding carboxylic acids is 1. The normalized spacial score (nSPS) is 18.1. The molecule has 3 aromatic heterocycles. The summed E-state index contributed by atoms with van der Waals surface area (Å²) in [6.45, 7) is 3.85. The predicted octanol–water partition coefficient (Wildman–Crippen LogP) is 3.15. The molecule has 2 N–H and O–H groups in total. The number of fused-ring (bicyclic) bond motifs is 1. The number of amides is 2. The second kappa shape index (κ2) is 10.9. The monoisotopic (exact) mass is 475 g/mol. The van der Waals surface area contributed by atoms with Crippen molar-refractivity contribution in [1.82, 2.24) is 39.8 Å². The third-order valence-corrected chi connectivity index (χ3v) is 7.29. The van der Waals surface area contributed by atoms with Gasteiger partial charge in [0.05, 0.1) is 24.5 Å². The van der Waals surface area contributed by atoms with Crippen LogP contribution in [0.2, 0.25) is 0 Å². The molecule has 35 heavy (non-hydrogen) atoms. The zero-order valence-corrected chi connectivity index (χ0v) is 20.1. The molecular formula is C25H33N9O. The minimum Gasteiger partial charge on any atom is -0.346 e. The summed E-state index contributed by atoms with van der Waals surface area (Å²) in [6, 6.07) is 4.93. The van der Waals surface area contributed by atoms with Gasteiger partial charge in [0.25, 0.3) is 0 Å². The van der Waals surface area contributed by atoms with Crippen molar-refractivity contribution in [2.75, 3.05) is 26.2 Å². The molecular weight excluding hydrogens is 442 g/mol. The van der Waals surface area contributed by atoms with Crippen LogP contribution in [0.4, 0.5) is 4.79 Å².